The van der Waals surface area contributed by atoms with Gasteiger partial charge < -0.3 is 18.9 Å². The Labute approximate surface area is 326 Å². The molecule has 0 unspecified atom stereocenters. The molecule has 6 rings (SSSR count). The molecular formula is C48H42O8. The minimum absolute atomic E-state index is 0.160. The maximum atomic E-state index is 12.9. The van der Waals surface area contributed by atoms with Crippen LogP contribution in [-0.2, 0) is 18.9 Å². The molecule has 8 heteroatoms. The molecule has 0 bridgehead atoms. The van der Waals surface area contributed by atoms with Crippen LogP contribution in [-0.4, -0.2) is 50.3 Å². The van der Waals surface area contributed by atoms with Crippen molar-refractivity contribution in [1.82, 2.24) is 0 Å². The van der Waals surface area contributed by atoms with Crippen molar-refractivity contribution in [3.63, 3.8) is 0 Å². The maximum absolute atomic E-state index is 12.9. The molecule has 0 saturated heterocycles. The van der Waals surface area contributed by atoms with E-state index in [2.05, 4.69) is 48.5 Å². The highest BCUT2D eigenvalue weighted by Crippen LogP contribution is 2.37. The SMILES string of the molecule is CCOC(=O)c1ccc(-c2ccccc2-c2ccc(-c3ccc(-c4ccccc4-c4ccc(C(=O)OCC)c(C(=O)OCC)c4)cc3)cc2)cc1C(=O)OCC. The zero-order valence-electron chi connectivity index (χ0n) is 31.8. The van der Waals surface area contributed by atoms with E-state index in [0.717, 1.165) is 55.6 Å². The number of carbonyl (C=O) groups is 4. The molecule has 6 aromatic carbocycles. The Morgan fingerprint density at radius 1 is 0.321 bits per heavy atom. The Kier molecular flexibility index (Phi) is 12.5. The van der Waals surface area contributed by atoms with Gasteiger partial charge in [0.1, 0.15) is 0 Å². The standard InChI is InChI=1S/C48H42O8/c1-5-53-45(49)41-27-25-35(29-43(41)47(51)55-7-3)39-15-11-9-13-37(39)33-21-17-31(18-22-33)32-19-23-34(24-20-32)38-14-10-12-16-40(38)36-26-28-42(46(50)54-6-2)44(30-36)48(52)56-8-4/h9-30H,5-8H2,1-4H3. The summed E-state index contributed by atoms with van der Waals surface area (Å²) in [6.07, 6.45) is 0. The summed E-state index contributed by atoms with van der Waals surface area (Å²) in [5.41, 5.74) is 9.94. The first-order chi connectivity index (χ1) is 27.3. The highest BCUT2D eigenvalue weighted by molar-refractivity contribution is 6.05. The molecule has 56 heavy (non-hydrogen) atoms. The average Bonchev–Trinajstić information content (AvgIpc) is 3.23. The van der Waals surface area contributed by atoms with E-state index in [1.54, 1.807) is 52.0 Å². The highest BCUT2D eigenvalue weighted by Gasteiger charge is 2.23. The van der Waals surface area contributed by atoms with E-state index in [-0.39, 0.29) is 48.7 Å². The van der Waals surface area contributed by atoms with Crippen molar-refractivity contribution in [3.05, 3.63) is 156 Å². The van der Waals surface area contributed by atoms with E-state index in [0.29, 0.717) is 0 Å². The molecule has 0 N–H and O–H groups in total. The lowest BCUT2D eigenvalue weighted by Crippen LogP contribution is -2.14. The Hall–Kier alpha value is -6.80. The van der Waals surface area contributed by atoms with Gasteiger partial charge >= 0.3 is 23.9 Å². The molecule has 0 aliphatic rings. The van der Waals surface area contributed by atoms with Gasteiger partial charge in [-0.15, -0.1) is 0 Å². The molecule has 6 aromatic rings. The topological polar surface area (TPSA) is 105 Å². The van der Waals surface area contributed by atoms with E-state index in [1.807, 2.05) is 60.7 Å². The Morgan fingerprint density at radius 2 is 0.571 bits per heavy atom. The Balaban J connectivity index is 1.28. The Bertz CT molecular complexity index is 2210. The molecule has 0 amide bonds. The first-order valence-corrected chi connectivity index (χ1v) is 18.6. The van der Waals surface area contributed by atoms with Gasteiger partial charge in [0.2, 0.25) is 0 Å². The van der Waals surface area contributed by atoms with Crippen LogP contribution in [0.5, 0.6) is 0 Å². The molecule has 0 aliphatic heterocycles. The van der Waals surface area contributed by atoms with Crippen LogP contribution in [0.3, 0.4) is 0 Å². The fourth-order valence-corrected chi connectivity index (χ4v) is 6.61. The fraction of sp³-hybridized carbons (Fsp3) is 0.167. The number of ether oxygens (including phenoxy) is 4. The molecule has 0 radical (unpaired) electrons. The van der Waals surface area contributed by atoms with E-state index in [9.17, 15) is 19.2 Å². The lowest BCUT2D eigenvalue weighted by molar-refractivity contribution is 0.0479. The van der Waals surface area contributed by atoms with Gasteiger partial charge in [0.05, 0.1) is 48.7 Å². The third-order valence-corrected chi connectivity index (χ3v) is 9.22. The van der Waals surface area contributed by atoms with Crippen molar-refractivity contribution < 1.29 is 38.1 Å². The van der Waals surface area contributed by atoms with Crippen LogP contribution in [0, 0.1) is 0 Å². The number of carbonyl (C=O) groups excluding carboxylic acids is 4. The predicted octanol–water partition coefficient (Wildman–Crippen LogP) is 10.7. The van der Waals surface area contributed by atoms with Crippen LogP contribution in [0.15, 0.2) is 133 Å². The minimum Gasteiger partial charge on any atom is -0.462 e. The van der Waals surface area contributed by atoms with Crippen molar-refractivity contribution >= 4 is 23.9 Å². The van der Waals surface area contributed by atoms with Crippen LogP contribution in [0.4, 0.5) is 0 Å². The molecular weight excluding hydrogens is 705 g/mol. The average molecular weight is 747 g/mol. The molecule has 0 saturated carbocycles. The number of benzene rings is 6. The summed E-state index contributed by atoms with van der Waals surface area (Å²) < 4.78 is 20.9. The summed E-state index contributed by atoms with van der Waals surface area (Å²) in [4.78, 5) is 51.2. The summed E-state index contributed by atoms with van der Waals surface area (Å²) in [5.74, 6) is -2.31. The lowest BCUT2D eigenvalue weighted by atomic mass is 9.90. The number of esters is 4. The van der Waals surface area contributed by atoms with Crippen LogP contribution < -0.4 is 0 Å². The van der Waals surface area contributed by atoms with Crippen molar-refractivity contribution in [2.75, 3.05) is 26.4 Å². The summed E-state index contributed by atoms with van der Waals surface area (Å²) in [6, 6.07) is 42.7. The van der Waals surface area contributed by atoms with Gasteiger partial charge in [-0.05, 0) is 108 Å². The number of hydrogen-bond acceptors (Lipinski definition) is 8. The van der Waals surface area contributed by atoms with Gasteiger partial charge in [0, 0.05) is 0 Å². The Morgan fingerprint density at radius 3 is 0.875 bits per heavy atom. The van der Waals surface area contributed by atoms with E-state index >= 15 is 0 Å². The third kappa shape index (κ3) is 8.45. The van der Waals surface area contributed by atoms with Crippen molar-refractivity contribution in [2.24, 2.45) is 0 Å². The molecule has 0 fully saturated rings. The second-order valence-electron chi connectivity index (χ2n) is 12.6. The summed E-state index contributed by atoms with van der Waals surface area (Å²) >= 11 is 0. The predicted molar refractivity (Wildman–Crippen MR) is 217 cm³/mol. The van der Waals surface area contributed by atoms with Crippen molar-refractivity contribution in [3.8, 4) is 55.6 Å². The molecule has 282 valence electrons. The first-order valence-electron chi connectivity index (χ1n) is 18.6. The first kappa shape index (κ1) is 38.9. The van der Waals surface area contributed by atoms with Gasteiger partial charge in [-0.25, -0.2) is 19.2 Å². The third-order valence-electron chi connectivity index (χ3n) is 9.22. The van der Waals surface area contributed by atoms with Crippen LogP contribution in [0.25, 0.3) is 55.6 Å². The second-order valence-corrected chi connectivity index (χ2v) is 12.6. The largest absolute Gasteiger partial charge is 0.462 e. The fourth-order valence-electron chi connectivity index (χ4n) is 6.61. The summed E-state index contributed by atoms with van der Waals surface area (Å²) in [6.45, 7) is 7.62. The molecule has 0 atom stereocenters. The van der Waals surface area contributed by atoms with E-state index < -0.39 is 23.9 Å². The van der Waals surface area contributed by atoms with Gasteiger partial charge in [-0.1, -0.05) is 109 Å². The van der Waals surface area contributed by atoms with Gasteiger partial charge in [0.25, 0.3) is 0 Å². The lowest BCUT2D eigenvalue weighted by Gasteiger charge is -2.15. The van der Waals surface area contributed by atoms with Crippen molar-refractivity contribution in [2.45, 2.75) is 27.7 Å². The van der Waals surface area contributed by atoms with Crippen LogP contribution in [0.2, 0.25) is 0 Å². The second kappa shape index (κ2) is 18.0. The zero-order chi connectivity index (χ0) is 39.6. The van der Waals surface area contributed by atoms with E-state index in [4.69, 9.17) is 18.9 Å². The van der Waals surface area contributed by atoms with Crippen LogP contribution in [0.1, 0.15) is 69.1 Å². The molecule has 0 heterocycles. The van der Waals surface area contributed by atoms with Gasteiger partial charge in [0.15, 0.2) is 0 Å². The maximum Gasteiger partial charge on any atom is 0.339 e. The molecule has 8 nitrogen and oxygen atoms in total. The molecule has 0 spiro atoms. The van der Waals surface area contributed by atoms with Gasteiger partial charge in [-0.3, -0.25) is 0 Å². The monoisotopic (exact) mass is 746 g/mol. The minimum atomic E-state index is -0.582. The van der Waals surface area contributed by atoms with Gasteiger partial charge in [-0.2, -0.15) is 0 Å². The zero-order valence-corrected chi connectivity index (χ0v) is 31.8. The highest BCUT2D eigenvalue weighted by atomic mass is 16.5. The quantitative estimate of drug-likeness (QED) is 0.0849. The smallest absolute Gasteiger partial charge is 0.339 e. The summed E-state index contributed by atoms with van der Waals surface area (Å²) in [7, 11) is 0. The number of hydrogen-bond donors (Lipinski definition) is 0. The number of rotatable bonds is 13. The molecule has 0 aliphatic carbocycles. The summed E-state index contributed by atoms with van der Waals surface area (Å²) in [5, 5.41) is 0. The van der Waals surface area contributed by atoms with Crippen molar-refractivity contribution in [1.29, 1.82) is 0 Å². The van der Waals surface area contributed by atoms with E-state index in [1.165, 1.54) is 0 Å². The normalized spacial score (nSPS) is 10.7. The van der Waals surface area contributed by atoms with Crippen LogP contribution >= 0.6 is 0 Å². The molecule has 0 aromatic heterocycles.